The first-order chi connectivity index (χ1) is 13.0. The molecule has 1 atom stereocenters. The minimum atomic E-state index is -0.508. The van der Waals surface area contributed by atoms with Gasteiger partial charge in [0, 0.05) is 30.8 Å². The number of carbonyl (C=O) groups is 2. The monoisotopic (exact) mass is 372 g/mol. The van der Waals surface area contributed by atoms with Crippen LogP contribution in [0.1, 0.15) is 17.5 Å². The summed E-state index contributed by atoms with van der Waals surface area (Å²) in [5, 5.41) is 11.7. The van der Waals surface area contributed by atoms with Crippen molar-refractivity contribution in [2.45, 2.75) is 19.6 Å². The summed E-state index contributed by atoms with van der Waals surface area (Å²) in [7, 11) is 1.57. The number of nitrogens with one attached hydrogen (secondary N) is 1. The van der Waals surface area contributed by atoms with E-state index in [0.29, 0.717) is 17.9 Å². The number of ether oxygens (including phenoxy) is 1. The molecule has 2 aromatic rings. The molecule has 1 saturated heterocycles. The molecular formula is C20H21FN2O4. The van der Waals surface area contributed by atoms with Gasteiger partial charge < -0.3 is 20.1 Å². The van der Waals surface area contributed by atoms with Crippen LogP contribution >= 0.6 is 0 Å². The third-order valence-electron chi connectivity index (χ3n) is 4.63. The first-order valence-corrected chi connectivity index (χ1v) is 8.62. The van der Waals surface area contributed by atoms with Crippen molar-refractivity contribution in [1.29, 1.82) is 0 Å². The van der Waals surface area contributed by atoms with Crippen LogP contribution in [0.4, 0.5) is 10.1 Å². The molecule has 0 bridgehead atoms. The van der Waals surface area contributed by atoms with Gasteiger partial charge in [0.05, 0.1) is 19.6 Å². The Labute approximate surface area is 156 Å². The van der Waals surface area contributed by atoms with Gasteiger partial charge in [0.2, 0.25) is 11.8 Å². The van der Waals surface area contributed by atoms with Crippen molar-refractivity contribution in [3.63, 3.8) is 0 Å². The van der Waals surface area contributed by atoms with Gasteiger partial charge in [0.25, 0.3) is 0 Å². The van der Waals surface area contributed by atoms with Crippen LogP contribution < -0.4 is 15.0 Å². The lowest BCUT2D eigenvalue weighted by atomic mass is 10.1. The number of aliphatic hydroxyl groups excluding tert-OH is 1. The van der Waals surface area contributed by atoms with Gasteiger partial charge in [-0.25, -0.2) is 4.39 Å². The first-order valence-electron chi connectivity index (χ1n) is 8.62. The summed E-state index contributed by atoms with van der Waals surface area (Å²) in [6, 6.07) is 11.5. The number of nitrogens with zero attached hydrogens (tertiary/aromatic N) is 1. The van der Waals surface area contributed by atoms with Gasteiger partial charge >= 0.3 is 0 Å². The molecule has 2 aromatic carbocycles. The number of benzene rings is 2. The fraction of sp³-hybridized carbons (Fsp3) is 0.300. The molecule has 7 heteroatoms. The number of methoxy groups -OCH3 is 1. The van der Waals surface area contributed by atoms with Gasteiger partial charge in [-0.1, -0.05) is 12.1 Å². The zero-order valence-corrected chi connectivity index (χ0v) is 14.9. The van der Waals surface area contributed by atoms with E-state index in [1.807, 2.05) is 0 Å². The SMILES string of the molecule is COc1ccc(N2CC(C(=O)NCc3ccc(CO)c(F)c3)CC2=O)cc1. The summed E-state index contributed by atoms with van der Waals surface area (Å²) in [4.78, 5) is 26.3. The molecule has 0 aromatic heterocycles. The average Bonchev–Trinajstić information content (AvgIpc) is 3.08. The number of hydrogen-bond donors (Lipinski definition) is 2. The van der Waals surface area contributed by atoms with Gasteiger partial charge in [-0.05, 0) is 35.9 Å². The van der Waals surface area contributed by atoms with E-state index >= 15 is 0 Å². The summed E-state index contributed by atoms with van der Waals surface area (Å²) in [6.07, 6.45) is 0.135. The van der Waals surface area contributed by atoms with E-state index < -0.39 is 11.7 Å². The Morgan fingerprint density at radius 1 is 1.30 bits per heavy atom. The molecule has 0 spiro atoms. The molecule has 27 heavy (non-hydrogen) atoms. The minimum Gasteiger partial charge on any atom is -0.497 e. The normalized spacial score (nSPS) is 16.5. The summed E-state index contributed by atoms with van der Waals surface area (Å²) < 4.78 is 18.8. The van der Waals surface area contributed by atoms with Gasteiger partial charge in [-0.3, -0.25) is 9.59 Å². The van der Waals surface area contributed by atoms with Crippen molar-refractivity contribution in [3.05, 3.63) is 59.4 Å². The molecule has 0 aliphatic carbocycles. The molecule has 1 fully saturated rings. The summed E-state index contributed by atoms with van der Waals surface area (Å²) in [6.45, 7) is 0.0906. The van der Waals surface area contributed by atoms with Crippen LogP contribution in [0.3, 0.4) is 0 Å². The van der Waals surface area contributed by atoms with Gasteiger partial charge in [-0.2, -0.15) is 0 Å². The maximum atomic E-state index is 13.7. The fourth-order valence-electron chi connectivity index (χ4n) is 3.06. The van der Waals surface area contributed by atoms with Crippen molar-refractivity contribution < 1.29 is 23.8 Å². The van der Waals surface area contributed by atoms with Crippen molar-refractivity contribution in [2.75, 3.05) is 18.6 Å². The standard InChI is InChI=1S/C20H21FN2O4/c1-27-17-6-4-16(5-7-17)23-11-15(9-19(23)25)20(26)22-10-13-2-3-14(12-24)18(21)8-13/h2-8,15,24H,9-12H2,1H3,(H,22,26). The van der Waals surface area contributed by atoms with E-state index in [2.05, 4.69) is 5.32 Å². The quantitative estimate of drug-likeness (QED) is 0.813. The van der Waals surface area contributed by atoms with Crippen LogP contribution in [-0.2, 0) is 22.7 Å². The fourth-order valence-corrected chi connectivity index (χ4v) is 3.06. The van der Waals surface area contributed by atoms with E-state index in [1.165, 1.54) is 12.1 Å². The summed E-state index contributed by atoms with van der Waals surface area (Å²) >= 11 is 0. The maximum Gasteiger partial charge on any atom is 0.227 e. The summed E-state index contributed by atoms with van der Waals surface area (Å²) in [5.74, 6) is -0.629. The maximum absolute atomic E-state index is 13.7. The number of rotatable bonds is 6. The number of amides is 2. The van der Waals surface area contributed by atoms with Gasteiger partial charge in [0.1, 0.15) is 11.6 Å². The molecule has 6 nitrogen and oxygen atoms in total. The lowest BCUT2D eigenvalue weighted by Gasteiger charge is -2.17. The van der Waals surface area contributed by atoms with Crippen LogP contribution in [-0.4, -0.2) is 30.6 Å². The van der Waals surface area contributed by atoms with E-state index in [0.717, 1.165) is 5.69 Å². The molecule has 1 aliphatic rings. The predicted molar refractivity (Wildman–Crippen MR) is 97.6 cm³/mol. The molecule has 2 N–H and O–H groups in total. The summed E-state index contributed by atoms with van der Waals surface area (Å²) in [5.41, 5.74) is 1.52. The lowest BCUT2D eigenvalue weighted by molar-refractivity contribution is -0.126. The largest absolute Gasteiger partial charge is 0.497 e. The Hall–Kier alpha value is -2.93. The zero-order chi connectivity index (χ0) is 19.4. The Morgan fingerprint density at radius 2 is 2.04 bits per heavy atom. The molecule has 3 rings (SSSR count). The van der Waals surface area contributed by atoms with Crippen molar-refractivity contribution in [3.8, 4) is 5.75 Å². The van der Waals surface area contributed by atoms with E-state index in [9.17, 15) is 14.0 Å². The second kappa shape index (κ2) is 8.18. The highest BCUT2D eigenvalue weighted by Crippen LogP contribution is 2.27. The lowest BCUT2D eigenvalue weighted by Crippen LogP contribution is -2.32. The highest BCUT2D eigenvalue weighted by molar-refractivity contribution is 6.00. The highest BCUT2D eigenvalue weighted by atomic mass is 19.1. The van der Waals surface area contributed by atoms with Crippen LogP contribution in [0.25, 0.3) is 0 Å². The molecule has 1 heterocycles. The molecule has 1 unspecified atom stereocenters. The van der Waals surface area contributed by atoms with Gasteiger partial charge in [-0.15, -0.1) is 0 Å². The third-order valence-corrected chi connectivity index (χ3v) is 4.63. The topological polar surface area (TPSA) is 78.9 Å². The highest BCUT2D eigenvalue weighted by Gasteiger charge is 2.35. The minimum absolute atomic E-state index is 0.112. The van der Waals surface area contributed by atoms with Crippen LogP contribution in [0, 0.1) is 11.7 Å². The second-order valence-electron chi connectivity index (χ2n) is 6.41. The second-order valence-corrected chi connectivity index (χ2v) is 6.41. The number of carbonyl (C=O) groups excluding carboxylic acids is 2. The third kappa shape index (κ3) is 4.25. The Kier molecular flexibility index (Phi) is 5.71. The Morgan fingerprint density at radius 3 is 2.67 bits per heavy atom. The van der Waals surface area contributed by atoms with Crippen LogP contribution in [0.2, 0.25) is 0 Å². The molecule has 1 aliphatic heterocycles. The average molecular weight is 372 g/mol. The first kappa shape index (κ1) is 18.8. The van der Waals surface area contributed by atoms with Crippen molar-refractivity contribution in [2.24, 2.45) is 5.92 Å². The van der Waals surface area contributed by atoms with E-state index in [4.69, 9.17) is 9.84 Å². The number of aliphatic hydroxyl groups is 1. The molecule has 0 radical (unpaired) electrons. The molecular weight excluding hydrogens is 351 g/mol. The van der Waals surface area contributed by atoms with Crippen molar-refractivity contribution in [1.82, 2.24) is 5.32 Å². The predicted octanol–water partition coefficient (Wildman–Crippen LogP) is 2.00. The number of anilines is 1. The molecule has 142 valence electrons. The smallest absolute Gasteiger partial charge is 0.227 e. The molecule has 2 amide bonds. The Balaban J connectivity index is 1.59. The van der Waals surface area contributed by atoms with E-state index in [1.54, 1.807) is 42.3 Å². The van der Waals surface area contributed by atoms with Crippen LogP contribution in [0.15, 0.2) is 42.5 Å². The molecule has 0 saturated carbocycles. The van der Waals surface area contributed by atoms with Gasteiger partial charge in [0.15, 0.2) is 0 Å². The number of hydrogen-bond acceptors (Lipinski definition) is 4. The zero-order valence-electron chi connectivity index (χ0n) is 14.9. The Bertz CT molecular complexity index is 838. The van der Waals surface area contributed by atoms with Crippen LogP contribution in [0.5, 0.6) is 5.75 Å². The van der Waals surface area contributed by atoms with Crippen molar-refractivity contribution >= 4 is 17.5 Å². The van der Waals surface area contributed by atoms with E-state index in [-0.39, 0.29) is 37.0 Å². The number of halogens is 1.